The molecular formula is C17H16Br3N3O6. The quantitative estimate of drug-likeness (QED) is 0.416. The van der Waals surface area contributed by atoms with Gasteiger partial charge in [-0.3, -0.25) is 14.4 Å². The number of aliphatic hydroxyl groups is 1. The number of hydrogen-bond donors (Lipinski definition) is 4. The molecule has 1 aliphatic rings. The van der Waals surface area contributed by atoms with E-state index in [1.807, 2.05) is 0 Å². The number of benzene rings is 1. The molecule has 0 aromatic heterocycles. The third kappa shape index (κ3) is 5.11. The molecule has 1 aromatic rings. The van der Waals surface area contributed by atoms with Crippen molar-refractivity contribution >= 4 is 71.2 Å². The minimum atomic E-state index is -1.06. The molecule has 1 aliphatic heterocycles. The lowest BCUT2D eigenvalue weighted by atomic mass is 10.1. The molecule has 0 spiro atoms. The number of nitrogens with one attached hydrogen (secondary N) is 2. The molecule has 1 aromatic carbocycles. The standard InChI is InChI=1S/C17H16Br3N3O6/c1-6(24)22-14-12(19)9(15(21)26)11(18)10(13(14)20)16(27)23-7-4-28-17(2,3)29-5-8(7)25/h4-5,25H,1-3H3,(H2,21,26)(H,22,24)(H,23,27). The zero-order valence-electron chi connectivity index (χ0n) is 15.4. The van der Waals surface area contributed by atoms with E-state index in [2.05, 4.69) is 58.4 Å². The molecular weight excluding hydrogens is 582 g/mol. The van der Waals surface area contributed by atoms with Crippen molar-refractivity contribution in [2.45, 2.75) is 26.6 Å². The Morgan fingerprint density at radius 2 is 1.55 bits per heavy atom. The fraction of sp³-hybridized carbons (Fsp3) is 0.235. The minimum Gasteiger partial charge on any atom is -0.503 e. The summed E-state index contributed by atoms with van der Waals surface area (Å²) in [6, 6.07) is 0. The van der Waals surface area contributed by atoms with E-state index in [4.69, 9.17) is 15.2 Å². The fourth-order valence-electron chi connectivity index (χ4n) is 2.19. The summed E-state index contributed by atoms with van der Waals surface area (Å²) in [6.07, 6.45) is 2.16. The first kappa shape index (κ1) is 23.2. The zero-order chi connectivity index (χ0) is 22.1. The van der Waals surface area contributed by atoms with Crippen LogP contribution in [0.2, 0.25) is 0 Å². The maximum absolute atomic E-state index is 13.0. The van der Waals surface area contributed by atoms with Gasteiger partial charge < -0.3 is 30.9 Å². The summed E-state index contributed by atoms with van der Waals surface area (Å²) in [7, 11) is 0. The van der Waals surface area contributed by atoms with Gasteiger partial charge in [-0.15, -0.1) is 0 Å². The van der Waals surface area contributed by atoms with Gasteiger partial charge in [0.15, 0.2) is 5.76 Å². The summed E-state index contributed by atoms with van der Waals surface area (Å²) >= 11 is 9.70. The maximum Gasteiger partial charge on any atom is 0.258 e. The number of carbonyl (C=O) groups excluding carboxylic acids is 3. The van der Waals surface area contributed by atoms with Crippen LogP contribution >= 0.6 is 47.8 Å². The number of anilines is 1. The van der Waals surface area contributed by atoms with Gasteiger partial charge in [-0.2, -0.15) is 0 Å². The van der Waals surface area contributed by atoms with Gasteiger partial charge in [0.2, 0.25) is 11.7 Å². The number of primary amides is 1. The number of amides is 3. The Morgan fingerprint density at radius 3 is 2.10 bits per heavy atom. The van der Waals surface area contributed by atoms with E-state index >= 15 is 0 Å². The second kappa shape index (κ2) is 8.76. The highest BCUT2D eigenvalue weighted by Gasteiger charge is 2.29. The third-order valence-electron chi connectivity index (χ3n) is 3.53. The van der Waals surface area contributed by atoms with E-state index < -0.39 is 23.5 Å². The van der Waals surface area contributed by atoms with Gasteiger partial charge in [-0.1, -0.05) is 0 Å². The Balaban J connectivity index is 2.57. The van der Waals surface area contributed by atoms with Crippen LogP contribution in [0.4, 0.5) is 5.69 Å². The van der Waals surface area contributed by atoms with E-state index in [1.54, 1.807) is 13.8 Å². The summed E-state index contributed by atoms with van der Waals surface area (Å²) in [5, 5.41) is 15.1. The summed E-state index contributed by atoms with van der Waals surface area (Å²) < 4.78 is 11.0. The van der Waals surface area contributed by atoms with Gasteiger partial charge in [0.1, 0.15) is 18.2 Å². The van der Waals surface area contributed by atoms with Crippen LogP contribution in [0.15, 0.2) is 37.4 Å². The Bertz CT molecular complexity index is 972. The molecule has 1 heterocycles. The van der Waals surface area contributed by atoms with Crippen molar-refractivity contribution in [3.8, 4) is 0 Å². The molecule has 0 saturated heterocycles. The van der Waals surface area contributed by atoms with Gasteiger partial charge in [-0.25, -0.2) is 0 Å². The minimum absolute atomic E-state index is 0.0520. The van der Waals surface area contributed by atoms with Crippen LogP contribution in [0.5, 0.6) is 0 Å². The van der Waals surface area contributed by atoms with Crippen LogP contribution in [0.1, 0.15) is 41.5 Å². The topological polar surface area (TPSA) is 140 Å². The van der Waals surface area contributed by atoms with Crippen LogP contribution in [0, 0.1) is 0 Å². The highest BCUT2D eigenvalue weighted by atomic mass is 79.9. The Morgan fingerprint density at radius 1 is 1.00 bits per heavy atom. The first-order valence-electron chi connectivity index (χ1n) is 7.90. The van der Waals surface area contributed by atoms with Gasteiger partial charge in [0, 0.05) is 25.2 Å². The van der Waals surface area contributed by atoms with Crippen LogP contribution in [-0.4, -0.2) is 28.6 Å². The number of halogens is 3. The summed E-state index contributed by atoms with van der Waals surface area (Å²) in [6.45, 7) is 4.49. The second-order valence-corrected chi connectivity index (χ2v) is 8.62. The molecule has 5 N–H and O–H groups in total. The molecule has 9 nitrogen and oxygen atoms in total. The van der Waals surface area contributed by atoms with Crippen LogP contribution in [-0.2, 0) is 14.3 Å². The van der Waals surface area contributed by atoms with Crippen molar-refractivity contribution in [2.75, 3.05) is 5.32 Å². The number of carbonyl (C=O) groups is 3. The van der Waals surface area contributed by atoms with E-state index in [-0.39, 0.29) is 41.7 Å². The van der Waals surface area contributed by atoms with E-state index in [1.165, 1.54) is 6.92 Å². The average Bonchev–Trinajstić information content (AvgIpc) is 2.71. The molecule has 3 amide bonds. The first-order chi connectivity index (χ1) is 13.4. The van der Waals surface area contributed by atoms with Gasteiger partial charge in [0.25, 0.3) is 11.8 Å². The van der Waals surface area contributed by atoms with Crippen molar-refractivity contribution < 1.29 is 29.0 Å². The van der Waals surface area contributed by atoms with Crippen molar-refractivity contribution in [2.24, 2.45) is 5.73 Å². The second-order valence-electron chi connectivity index (χ2n) is 6.24. The number of rotatable bonds is 4. The predicted molar refractivity (Wildman–Crippen MR) is 115 cm³/mol. The molecule has 2 rings (SSSR count). The summed E-state index contributed by atoms with van der Waals surface area (Å²) in [5.41, 5.74) is 5.38. The summed E-state index contributed by atoms with van der Waals surface area (Å²) in [4.78, 5) is 36.5. The normalized spacial score (nSPS) is 15.1. The molecule has 156 valence electrons. The monoisotopic (exact) mass is 595 g/mol. The SMILES string of the molecule is CC(=O)Nc1c(Br)c(C(N)=O)c(Br)c(C(=O)NC2=COC(C)(C)OC=C2O)c1Br. The number of ether oxygens (including phenoxy) is 2. The number of hydrogen-bond acceptors (Lipinski definition) is 6. The molecule has 12 heteroatoms. The van der Waals surface area contributed by atoms with E-state index in [0.717, 1.165) is 12.5 Å². The Hall–Kier alpha value is -2.05. The molecule has 0 bridgehead atoms. The van der Waals surface area contributed by atoms with Crippen molar-refractivity contribution in [3.05, 3.63) is 48.5 Å². The van der Waals surface area contributed by atoms with Crippen molar-refractivity contribution in [1.82, 2.24) is 5.32 Å². The Labute approximate surface area is 191 Å². The number of aliphatic hydroxyl groups excluding tert-OH is 1. The van der Waals surface area contributed by atoms with E-state index in [0.29, 0.717) is 0 Å². The lowest BCUT2D eigenvalue weighted by molar-refractivity contribution is -0.142. The molecule has 29 heavy (non-hydrogen) atoms. The third-order valence-corrected chi connectivity index (χ3v) is 5.91. The Kier molecular flexibility index (Phi) is 7.01. The molecule has 0 radical (unpaired) electrons. The lowest BCUT2D eigenvalue weighted by Gasteiger charge is -2.21. The smallest absolute Gasteiger partial charge is 0.258 e. The summed E-state index contributed by atoms with van der Waals surface area (Å²) in [5.74, 6) is -3.45. The van der Waals surface area contributed by atoms with Gasteiger partial charge in [0.05, 0.1) is 25.8 Å². The molecule has 0 atom stereocenters. The fourth-order valence-corrected chi connectivity index (χ4v) is 5.13. The predicted octanol–water partition coefficient (Wildman–Crippen LogP) is 3.78. The van der Waals surface area contributed by atoms with Gasteiger partial charge in [-0.05, 0) is 47.8 Å². The van der Waals surface area contributed by atoms with Crippen LogP contribution in [0.25, 0.3) is 0 Å². The lowest BCUT2D eigenvalue weighted by Crippen LogP contribution is -2.27. The largest absolute Gasteiger partial charge is 0.503 e. The van der Waals surface area contributed by atoms with Crippen LogP contribution in [0.3, 0.4) is 0 Å². The zero-order valence-corrected chi connectivity index (χ0v) is 20.1. The van der Waals surface area contributed by atoms with E-state index in [9.17, 15) is 19.5 Å². The van der Waals surface area contributed by atoms with Crippen molar-refractivity contribution in [3.63, 3.8) is 0 Å². The molecule has 0 aliphatic carbocycles. The first-order valence-corrected chi connectivity index (χ1v) is 10.3. The maximum atomic E-state index is 13.0. The molecule has 0 fully saturated rings. The highest BCUT2D eigenvalue weighted by Crippen LogP contribution is 2.42. The van der Waals surface area contributed by atoms with Gasteiger partial charge >= 0.3 is 0 Å². The molecule has 0 saturated carbocycles. The van der Waals surface area contributed by atoms with Crippen LogP contribution < -0.4 is 16.4 Å². The van der Waals surface area contributed by atoms with Crippen molar-refractivity contribution in [1.29, 1.82) is 0 Å². The highest BCUT2D eigenvalue weighted by molar-refractivity contribution is 9.11. The average molecular weight is 598 g/mol. The molecule has 0 unspecified atom stereocenters. The number of nitrogens with two attached hydrogens (primary N) is 1.